The van der Waals surface area contributed by atoms with Crippen molar-refractivity contribution in [2.24, 2.45) is 5.92 Å². The highest BCUT2D eigenvalue weighted by Crippen LogP contribution is 2.14. The highest BCUT2D eigenvalue weighted by molar-refractivity contribution is 5.90. The monoisotopic (exact) mass is 537 g/mol. The molecule has 0 saturated carbocycles. The lowest BCUT2D eigenvalue weighted by molar-refractivity contribution is -0.870. The normalized spacial score (nSPS) is 11.8. The molecular formula is C33H65N2O3+. The first-order valence-corrected chi connectivity index (χ1v) is 16.1. The first-order valence-electron chi connectivity index (χ1n) is 16.1. The Morgan fingerprint density at radius 2 is 1.00 bits per heavy atom. The second-order valence-electron chi connectivity index (χ2n) is 12.0. The molecule has 0 aromatic heterocycles. The molecule has 38 heavy (non-hydrogen) atoms. The SMILES string of the molecule is CCCCCCCCCCCCCCCCCC[N+](C)(C)C.CCCCCCCCOC(=O)C(C#N)C=O. The van der Waals surface area contributed by atoms with Crippen molar-refractivity contribution in [2.75, 3.05) is 34.3 Å². The molecule has 0 amide bonds. The summed E-state index contributed by atoms with van der Waals surface area (Å²) in [6, 6.07) is 1.58. The quantitative estimate of drug-likeness (QED) is 0.0362. The van der Waals surface area contributed by atoms with E-state index in [1.807, 2.05) is 0 Å². The molecule has 0 bridgehead atoms. The van der Waals surface area contributed by atoms with Crippen LogP contribution in [0.4, 0.5) is 0 Å². The van der Waals surface area contributed by atoms with Crippen LogP contribution in [0.1, 0.15) is 155 Å². The fourth-order valence-electron chi connectivity index (χ4n) is 4.42. The smallest absolute Gasteiger partial charge is 0.330 e. The maximum absolute atomic E-state index is 11.1. The van der Waals surface area contributed by atoms with Crippen molar-refractivity contribution < 1.29 is 18.8 Å². The molecule has 1 unspecified atom stereocenters. The van der Waals surface area contributed by atoms with E-state index in [2.05, 4.69) is 35.0 Å². The van der Waals surface area contributed by atoms with E-state index in [4.69, 9.17) is 10.00 Å². The van der Waals surface area contributed by atoms with E-state index in [1.165, 1.54) is 129 Å². The van der Waals surface area contributed by atoms with Gasteiger partial charge in [-0.3, -0.25) is 4.79 Å². The third-order valence-electron chi connectivity index (χ3n) is 6.95. The fourth-order valence-corrected chi connectivity index (χ4v) is 4.42. The van der Waals surface area contributed by atoms with Gasteiger partial charge >= 0.3 is 5.97 Å². The van der Waals surface area contributed by atoms with Gasteiger partial charge in [-0.1, -0.05) is 136 Å². The summed E-state index contributed by atoms with van der Waals surface area (Å²) < 4.78 is 5.92. The molecule has 0 aromatic carbocycles. The highest BCUT2D eigenvalue weighted by Gasteiger charge is 2.17. The van der Waals surface area contributed by atoms with Crippen LogP contribution in [0.2, 0.25) is 0 Å². The molecule has 0 aromatic rings. The summed E-state index contributed by atoms with van der Waals surface area (Å²) in [5, 5.41) is 8.41. The Labute approximate surface area is 237 Å². The summed E-state index contributed by atoms with van der Waals surface area (Å²) in [5.74, 6) is -1.99. The Balaban J connectivity index is 0. The van der Waals surface area contributed by atoms with Gasteiger partial charge in [-0.15, -0.1) is 0 Å². The van der Waals surface area contributed by atoms with E-state index in [0.717, 1.165) is 23.7 Å². The molecule has 0 spiro atoms. The number of carbonyl (C=O) groups excluding carboxylic acids is 2. The minimum Gasteiger partial charge on any atom is -0.464 e. The van der Waals surface area contributed by atoms with Gasteiger partial charge in [0.1, 0.15) is 6.29 Å². The van der Waals surface area contributed by atoms with E-state index in [9.17, 15) is 9.59 Å². The lowest BCUT2D eigenvalue weighted by Crippen LogP contribution is -2.35. The second kappa shape index (κ2) is 30.1. The Kier molecular flexibility index (Phi) is 30.7. The average molecular weight is 538 g/mol. The van der Waals surface area contributed by atoms with Crippen molar-refractivity contribution in [2.45, 2.75) is 155 Å². The average Bonchev–Trinajstić information content (AvgIpc) is 2.88. The Morgan fingerprint density at radius 3 is 1.32 bits per heavy atom. The maximum atomic E-state index is 11.1. The molecule has 0 saturated heterocycles. The largest absolute Gasteiger partial charge is 0.464 e. The first-order chi connectivity index (χ1) is 18.3. The number of hydrogen-bond acceptors (Lipinski definition) is 4. The molecule has 0 aliphatic rings. The van der Waals surface area contributed by atoms with Crippen LogP contribution in [0.3, 0.4) is 0 Å². The molecule has 5 nitrogen and oxygen atoms in total. The van der Waals surface area contributed by atoms with Gasteiger partial charge in [-0.05, 0) is 19.3 Å². The van der Waals surface area contributed by atoms with Gasteiger partial charge in [0, 0.05) is 0 Å². The zero-order valence-corrected chi connectivity index (χ0v) is 26.2. The molecule has 0 aliphatic carbocycles. The molecule has 0 fully saturated rings. The van der Waals surface area contributed by atoms with E-state index >= 15 is 0 Å². The van der Waals surface area contributed by atoms with Crippen molar-refractivity contribution in [3.05, 3.63) is 0 Å². The number of aldehydes is 1. The second-order valence-corrected chi connectivity index (χ2v) is 12.0. The summed E-state index contributed by atoms with van der Waals surface area (Å²) in [6.45, 7) is 6.09. The van der Waals surface area contributed by atoms with Crippen molar-refractivity contribution in [3.63, 3.8) is 0 Å². The van der Waals surface area contributed by atoms with Crippen molar-refractivity contribution in [1.82, 2.24) is 0 Å². The van der Waals surface area contributed by atoms with Crippen LogP contribution in [0.25, 0.3) is 0 Å². The van der Waals surface area contributed by atoms with Crippen LogP contribution >= 0.6 is 0 Å². The summed E-state index contributed by atoms with van der Waals surface area (Å²) in [7, 11) is 6.89. The van der Waals surface area contributed by atoms with Crippen LogP contribution in [-0.4, -0.2) is 51.0 Å². The minimum atomic E-state index is -1.26. The van der Waals surface area contributed by atoms with Gasteiger partial charge < -0.3 is 14.0 Å². The van der Waals surface area contributed by atoms with Crippen molar-refractivity contribution in [3.8, 4) is 6.07 Å². The fraction of sp³-hybridized carbons (Fsp3) is 0.909. The third kappa shape index (κ3) is 32.6. The molecule has 0 radical (unpaired) electrons. The third-order valence-corrected chi connectivity index (χ3v) is 6.95. The first kappa shape index (κ1) is 38.7. The van der Waals surface area contributed by atoms with Crippen molar-refractivity contribution >= 4 is 12.3 Å². The number of nitriles is 1. The molecule has 1 atom stereocenters. The predicted molar refractivity (Wildman–Crippen MR) is 162 cm³/mol. The summed E-state index contributed by atoms with van der Waals surface area (Å²) in [4.78, 5) is 21.3. The zero-order valence-electron chi connectivity index (χ0n) is 26.2. The van der Waals surface area contributed by atoms with Gasteiger partial charge in [-0.25, -0.2) is 0 Å². The van der Waals surface area contributed by atoms with Crippen molar-refractivity contribution in [1.29, 1.82) is 5.26 Å². The molecule has 0 rings (SSSR count). The Morgan fingerprint density at radius 1 is 0.658 bits per heavy atom. The topological polar surface area (TPSA) is 67.2 Å². The number of hydrogen-bond donors (Lipinski definition) is 0. The summed E-state index contributed by atoms with van der Waals surface area (Å²) >= 11 is 0. The number of nitrogens with zero attached hydrogens (tertiary/aromatic N) is 2. The summed E-state index contributed by atoms with van der Waals surface area (Å²) in [6.07, 6.45) is 30.3. The number of unbranched alkanes of at least 4 members (excludes halogenated alkanes) is 20. The standard InChI is InChI=1S/C21H46N.C12H19NO3/c1-5-6-7-8-9-10-11-12-13-14-15-16-17-18-19-20-21-22(2,3)4;1-2-3-4-5-6-7-8-16-12(15)11(9-13)10-14/h5-21H2,1-4H3;10-11H,2-8H2,1H3/q+1;. The molecule has 0 heterocycles. The number of quaternary nitrogens is 1. The number of ether oxygens (including phenoxy) is 1. The van der Waals surface area contributed by atoms with Crippen LogP contribution in [-0.2, 0) is 14.3 Å². The number of carbonyl (C=O) groups is 2. The zero-order chi connectivity index (χ0) is 28.7. The lowest BCUT2D eigenvalue weighted by Gasteiger charge is -2.23. The maximum Gasteiger partial charge on any atom is 0.330 e. The van der Waals surface area contributed by atoms with Gasteiger partial charge in [0.25, 0.3) is 0 Å². The van der Waals surface area contributed by atoms with E-state index in [0.29, 0.717) is 12.9 Å². The van der Waals surface area contributed by atoms with Crippen LogP contribution in [0, 0.1) is 17.2 Å². The highest BCUT2D eigenvalue weighted by atomic mass is 16.5. The van der Waals surface area contributed by atoms with Crippen LogP contribution < -0.4 is 0 Å². The molecule has 5 heteroatoms. The Hall–Kier alpha value is -1.41. The van der Waals surface area contributed by atoms with E-state index in [-0.39, 0.29) is 0 Å². The number of rotatable bonds is 26. The molecule has 0 aliphatic heterocycles. The van der Waals surface area contributed by atoms with Gasteiger partial charge in [0.2, 0.25) is 0 Å². The predicted octanol–water partition coefficient (Wildman–Crippen LogP) is 9.18. The summed E-state index contributed by atoms with van der Waals surface area (Å²) in [5.41, 5.74) is 0. The van der Waals surface area contributed by atoms with Gasteiger partial charge in [0.15, 0.2) is 5.92 Å². The van der Waals surface area contributed by atoms with Gasteiger partial charge in [-0.2, -0.15) is 5.26 Å². The molecule has 0 N–H and O–H groups in total. The van der Waals surface area contributed by atoms with E-state index < -0.39 is 11.9 Å². The Bertz CT molecular complexity index is 551. The lowest BCUT2D eigenvalue weighted by atomic mass is 10.0. The van der Waals surface area contributed by atoms with Crippen LogP contribution in [0.5, 0.6) is 0 Å². The van der Waals surface area contributed by atoms with Gasteiger partial charge in [0.05, 0.1) is 40.4 Å². The molecular weight excluding hydrogens is 472 g/mol. The molecule has 224 valence electrons. The van der Waals surface area contributed by atoms with Crippen LogP contribution in [0.15, 0.2) is 0 Å². The number of esters is 1. The minimum absolute atomic E-state index is 0.303. The van der Waals surface area contributed by atoms with E-state index in [1.54, 1.807) is 6.07 Å².